The van der Waals surface area contributed by atoms with Crippen LogP contribution in [0.5, 0.6) is 0 Å². The van der Waals surface area contributed by atoms with Crippen molar-refractivity contribution in [1.82, 2.24) is 4.90 Å². The zero-order chi connectivity index (χ0) is 13.5. The summed E-state index contributed by atoms with van der Waals surface area (Å²) in [6, 6.07) is 4.45. The van der Waals surface area contributed by atoms with Crippen LogP contribution >= 0.6 is 31.9 Å². The quantitative estimate of drug-likeness (QED) is 0.534. The minimum atomic E-state index is -0.409. The molecule has 0 unspecified atom stereocenters. The Hall–Kier alpha value is -0.420. The second kappa shape index (κ2) is 7.89. The fourth-order valence-electron chi connectivity index (χ4n) is 1.57. The fourth-order valence-corrected chi connectivity index (χ4v) is 2.21. The number of benzene rings is 1. The van der Waals surface area contributed by atoms with Crippen LogP contribution in [0.25, 0.3) is 0 Å². The first-order valence-electron chi connectivity index (χ1n) is 5.82. The van der Waals surface area contributed by atoms with E-state index in [0.717, 1.165) is 24.6 Å². The Bertz CT molecular complexity index is 412. The fraction of sp³-hybridized carbons (Fsp3) is 0.462. The second-order valence-electron chi connectivity index (χ2n) is 4.11. The predicted molar refractivity (Wildman–Crippen MR) is 78.7 cm³/mol. The van der Waals surface area contributed by atoms with Gasteiger partial charge < -0.3 is 4.90 Å². The summed E-state index contributed by atoms with van der Waals surface area (Å²) in [6.07, 6.45) is 3.15. The van der Waals surface area contributed by atoms with E-state index in [1.165, 1.54) is 6.07 Å². The Kier molecular flexibility index (Phi) is 6.86. The number of carbonyl (C=O) groups is 1. The van der Waals surface area contributed by atoms with Crippen molar-refractivity contribution >= 4 is 37.8 Å². The van der Waals surface area contributed by atoms with E-state index in [-0.39, 0.29) is 5.91 Å². The van der Waals surface area contributed by atoms with Crippen LogP contribution < -0.4 is 0 Å². The highest BCUT2D eigenvalue weighted by molar-refractivity contribution is 9.10. The minimum absolute atomic E-state index is 0.139. The highest BCUT2D eigenvalue weighted by Crippen LogP contribution is 2.17. The molecule has 0 radical (unpaired) electrons. The molecule has 1 amide bonds. The van der Waals surface area contributed by atoms with E-state index < -0.39 is 5.82 Å². The van der Waals surface area contributed by atoms with Gasteiger partial charge in [0.25, 0.3) is 5.91 Å². The maximum Gasteiger partial charge on any atom is 0.253 e. The molecule has 0 saturated carbocycles. The normalized spacial score (nSPS) is 10.4. The Morgan fingerprint density at radius 2 is 2.06 bits per heavy atom. The molecule has 5 heteroatoms. The highest BCUT2D eigenvalue weighted by Gasteiger charge is 2.12. The summed E-state index contributed by atoms with van der Waals surface area (Å²) < 4.78 is 13.7. The van der Waals surface area contributed by atoms with Gasteiger partial charge in [-0.25, -0.2) is 4.39 Å². The van der Waals surface area contributed by atoms with Gasteiger partial charge >= 0.3 is 0 Å². The number of carbonyl (C=O) groups excluding carboxylic acids is 1. The van der Waals surface area contributed by atoms with E-state index in [1.54, 1.807) is 24.1 Å². The molecule has 0 atom stereocenters. The van der Waals surface area contributed by atoms with Gasteiger partial charge in [0.1, 0.15) is 5.82 Å². The first-order chi connectivity index (χ1) is 8.56. The Labute approximate surface area is 124 Å². The standard InChI is InChI=1S/C13H16Br2FNO/c1-17(8-4-2-3-7-14)13(18)10-5-6-11(15)12(16)9-10/h5-6,9H,2-4,7-8H2,1H3. The second-order valence-corrected chi connectivity index (χ2v) is 5.75. The van der Waals surface area contributed by atoms with Crippen LogP contribution in [0, 0.1) is 5.82 Å². The van der Waals surface area contributed by atoms with Crippen molar-refractivity contribution in [3.8, 4) is 0 Å². The van der Waals surface area contributed by atoms with E-state index in [4.69, 9.17) is 0 Å². The summed E-state index contributed by atoms with van der Waals surface area (Å²) in [5, 5.41) is 0.989. The molecule has 0 aliphatic heterocycles. The molecule has 2 nitrogen and oxygen atoms in total. The van der Waals surface area contributed by atoms with E-state index in [1.807, 2.05) is 0 Å². The summed E-state index contributed by atoms with van der Waals surface area (Å²) in [5.41, 5.74) is 0.388. The van der Waals surface area contributed by atoms with Crippen molar-refractivity contribution in [3.63, 3.8) is 0 Å². The third-order valence-electron chi connectivity index (χ3n) is 2.64. The smallest absolute Gasteiger partial charge is 0.253 e. The molecule has 0 aromatic heterocycles. The summed E-state index contributed by atoms with van der Waals surface area (Å²) in [7, 11) is 1.75. The van der Waals surface area contributed by atoms with Gasteiger partial charge in [-0.15, -0.1) is 0 Å². The van der Waals surface area contributed by atoms with E-state index in [2.05, 4.69) is 31.9 Å². The molecule has 0 saturated heterocycles. The lowest BCUT2D eigenvalue weighted by atomic mass is 10.2. The van der Waals surface area contributed by atoms with Crippen LogP contribution in [0.4, 0.5) is 4.39 Å². The molecule has 0 bridgehead atoms. The monoisotopic (exact) mass is 379 g/mol. The Morgan fingerprint density at radius 3 is 2.67 bits per heavy atom. The van der Waals surface area contributed by atoms with Gasteiger partial charge in [0, 0.05) is 24.5 Å². The van der Waals surface area contributed by atoms with Crippen molar-refractivity contribution < 1.29 is 9.18 Å². The molecule has 100 valence electrons. The van der Waals surface area contributed by atoms with Gasteiger partial charge in [-0.3, -0.25) is 4.79 Å². The average molecular weight is 381 g/mol. The average Bonchev–Trinajstić information content (AvgIpc) is 2.37. The van der Waals surface area contributed by atoms with Crippen LogP contribution in [-0.2, 0) is 0 Å². The third kappa shape index (κ3) is 4.69. The first-order valence-corrected chi connectivity index (χ1v) is 7.74. The maximum absolute atomic E-state index is 13.3. The predicted octanol–water partition coefficient (Wildman–Crippen LogP) is 4.23. The van der Waals surface area contributed by atoms with Gasteiger partial charge in [-0.2, -0.15) is 0 Å². The third-order valence-corrected chi connectivity index (χ3v) is 3.84. The van der Waals surface area contributed by atoms with Crippen molar-refractivity contribution in [1.29, 1.82) is 0 Å². The Morgan fingerprint density at radius 1 is 1.33 bits per heavy atom. The molecular formula is C13H16Br2FNO. The van der Waals surface area contributed by atoms with Crippen molar-refractivity contribution in [2.24, 2.45) is 0 Å². The summed E-state index contributed by atoms with van der Waals surface area (Å²) in [6.45, 7) is 0.698. The molecule has 0 aliphatic carbocycles. The Balaban J connectivity index is 2.54. The molecule has 1 aromatic rings. The molecule has 0 N–H and O–H groups in total. The molecular weight excluding hydrogens is 365 g/mol. The lowest BCUT2D eigenvalue weighted by molar-refractivity contribution is 0.0792. The van der Waals surface area contributed by atoms with E-state index in [9.17, 15) is 9.18 Å². The number of amides is 1. The number of hydrogen-bond acceptors (Lipinski definition) is 1. The lowest BCUT2D eigenvalue weighted by Gasteiger charge is -2.17. The maximum atomic E-state index is 13.3. The number of halogens is 3. The van der Waals surface area contributed by atoms with Gasteiger partial charge in [0.2, 0.25) is 0 Å². The van der Waals surface area contributed by atoms with Crippen molar-refractivity contribution in [3.05, 3.63) is 34.1 Å². The summed E-state index contributed by atoms with van der Waals surface area (Å²) in [4.78, 5) is 13.6. The van der Waals surface area contributed by atoms with Gasteiger partial charge in [0.05, 0.1) is 4.47 Å². The SMILES string of the molecule is CN(CCCCCBr)C(=O)c1ccc(Br)c(F)c1. The molecule has 0 heterocycles. The number of nitrogens with zero attached hydrogens (tertiary/aromatic N) is 1. The first kappa shape index (κ1) is 15.6. The zero-order valence-corrected chi connectivity index (χ0v) is 13.4. The molecule has 1 aromatic carbocycles. The number of alkyl halides is 1. The lowest BCUT2D eigenvalue weighted by Crippen LogP contribution is -2.27. The summed E-state index contributed by atoms with van der Waals surface area (Å²) >= 11 is 6.44. The van der Waals surface area contributed by atoms with Crippen LogP contribution in [0.15, 0.2) is 22.7 Å². The van der Waals surface area contributed by atoms with Crippen molar-refractivity contribution in [2.75, 3.05) is 18.9 Å². The van der Waals surface area contributed by atoms with Crippen LogP contribution in [0.1, 0.15) is 29.6 Å². The topological polar surface area (TPSA) is 20.3 Å². The van der Waals surface area contributed by atoms with Crippen LogP contribution in [-0.4, -0.2) is 29.7 Å². The van der Waals surface area contributed by atoms with E-state index >= 15 is 0 Å². The van der Waals surface area contributed by atoms with E-state index in [0.29, 0.717) is 16.6 Å². The van der Waals surface area contributed by atoms with Crippen LogP contribution in [0.2, 0.25) is 0 Å². The molecule has 18 heavy (non-hydrogen) atoms. The van der Waals surface area contributed by atoms with Gasteiger partial charge in [-0.1, -0.05) is 22.4 Å². The van der Waals surface area contributed by atoms with Gasteiger partial charge in [0.15, 0.2) is 0 Å². The largest absolute Gasteiger partial charge is 0.342 e. The molecule has 0 aliphatic rings. The highest BCUT2D eigenvalue weighted by atomic mass is 79.9. The number of unbranched alkanes of at least 4 members (excludes halogenated alkanes) is 2. The molecule has 0 spiro atoms. The van der Waals surface area contributed by atoms with Crippen molar-refractivity contribution in [2.45, 2.75) is 19.3 Å². The zero-order valence-electron chi connectivity index (χ0n) is 10.3. The number of hydrogen-bond donors (Lipinski definition) is 0. The molecule has 0 fully saturated rings. The number of rotatable bonds is 6. The molecule has 1 rings (SSSR count). The summed E-state index contributed by atoms with van der Waals surface area (Å²) in [5.74, 6) is -0.547. The van der Waals surface area contributed by atoms with Crippen LogP contribution in [0.3, 0.4) is 0 Å². The minimum Gasteiger partial charge on any atom is -0.342 e. The van der Waals surface area contributed by atoms with Gasteiger partial charge in [-0.05, 0) is 47.0 Å².